The van der Waals surface area contributed by atoms with Crippen LogP contribution in [0.3, 0.4) is 0 Å². The molecule has 0 aliphatic carbocycles. The van der Waals surface area contributed by atoms with Crippen LogP contribution in [0.15, 0.2) is 117 Å². The topological polar surface area (TPSA) is 67.4 Å². The maximum absolute atomic E-state index is 13.9. The molecule has 1 aliphatic rings. The average molecular weight is 498 g/mol. The van der Waals surface area contributed by atoms with E-state index in [1.165, 1.54) is 28.9 Å². The SMILES string of the molecule is O=C1/C(=C/c2cccc(Oc3ccccc3)c2)S/C(=N\N=C\c2ccccc2F)N1Cc1ccco1. The normalized spacial score (nSPS) is 15.9. The monoisotopic (exact) mass is 497 g/mol. The molecule has 5 rings (SSSR count). The van der Waals surface area contributed by atoms with Crippen molar-refractivity contribution in [1.82, 2.24) is 4.90 Å². The van der Waals surface area contributed by atoms with Gasteiger partial charge >= 0.3 is 0 Å². The van der Waals surface area contributed by atoms with E-state index in [0.29, 0.717) is 27.1 Å². The summed E-state index contributed by atoms with van der Waals surface area (Å²) in [4.78, 5) is 15.2. The number of carbonyl (C=O) groups excluding carboxylic acids is 1. The van der Waals surface area contributed by atoms with Crippen molar-refractivity contribution in [3.05, 3.63) is 125 Å². The Labute approximate surface area is 211 Å². The number of para-hydroxylation sites is 1. The fourth-order valence-corrected chi connectivity index (χ4v) is 4.38. The van der Waals surface area contributed by atoms with E-state index in [4.69, 9.17) is 9.15 Å². The number of hydrogen-bond acceptors (Lipinski definition) is 6. The lowest BCUT2D eigenvalue weighted by molar-refractivity contribution is -0.122. The summed E-state index contributed by atoms with van der Waals surface area (Å²) >= 11 is 1.19. The highest BCUT2D eigenvalue weighted by molar-refractivity contribution is 8.18. The van der Waals surface area contributed by atoms with Crippen LogP contribution >= 0.6 is 11.8 Å². The maximum atomic E-state index is 13.9. The van der Waals surface area contributed by atoms with Gasteiger partial charge in [-0.3, -0.25) is 9.69 Å². The van der Waals surface area contributed by atoms with Crippen molar-refractivity contribution in [3.63, 3.8) is 0 Å². The molecule has 6 nitrogen and oxygen atoms in total. The van der Waals surface area contributed by atoms with Gasteiger partial charge in [0.1, 0.15) is 23.1 Å². The highest BCUT2D eigenvalue weighted by Crippen LogP contribution is 2.34. The van der Waals surface area contributed by atoms with Crippen LogP contribution in [0.5, 0.6) is 11.5 Å². The second-order valence-corrected chi connectivity index (χ2v) is 8.73. The zero-order valence-electron chi connectivity index (χ0n) is 19.0. The molecule has 8 heteroatoms. The van der Waals surface area contributed by atoms with Crippen molar-refractivity contribution in [1.29, 1.82) is 0 Å². The van der Waals surface area contributed by atoms with E-state index in [9.17, 15) is 9.18 Å². The minimum Gasteiger partial charge on any atom is -0.467 e. The summed E-state index contributed by atoms with van der Waals surface area (Å²) in [6, 6.07) is 26.7. The first-order chi connectivity index (χ1) is 17.7. The molecule has 3 aromatic carbocycles. The molecule has 1 aliphatic heterocycles. The molecule has 4 aromatic rings. The minimum absolute atomic E-state index is 0.196. The predicted molar refractivity (Wildman–Crippen MR) is 139 cm³/mol. The molecule has 1 fully saturated rings. The summed E-state index contributed by atoms with van der Waals surface area (Å²) in [7, 11) is 0. The Morgan fingerprint density at radius 2 is 1.75 bits per heavy atom. The second-order valence-electron chi connectivity index (χ2n) is 7.72. The third-order valence-electron chi connectivity index (χ3n) is 5.16. The van der Waals surface area contributed by atoms with Gasteiger partial charge in [-0.25, -0.2) is 4.39 Å². The van der Waals surface area contributed by atoms with Crippen molar-refractivity contribution in [2.45, 2.75) is 6.54 Å². The number of nitrogens with zero attached hydrogens (tertiary/aromatic N) is 3. The van der Waals surface area contributed by atoms with Gasteiger partial charge < -0.3 is 9.15 Å². The van der Waals surface area contributed by atoms with Crippen molar-refractivity contribution in [3.8, 4) is 11.5 Å². The molecule has 178 valence electrons. The Bertz CT molecular complexity index is 1450. The van der Waals surface area contributed by atoms with Gasteiger partial charge in [-0.15, -0.1) is 5.10 Å². The van der Waals surface area contributed by atoms with E-state index in [0.717, 1.165) is 11.3 Å². The molecule has 0 spiro atoms. The number of benzene rings is 3. The van der Waals surface area contributed by atoms with Gasteiger partial charge in [-0.05, 0) is 65.9 Å². The van der Waals surface area contributed by atoms with Crippen LogP contribution in [0, 0.1) is 5.82 Å². The number of thioether (sulfide) groups is 1. The van der Waals surface area contributed by atoms with Gasteiger partial charge in [0.25, 0.3) is 5.91 Å². The van der Waals surface area contributed by atoms with Crippen LogP contribution in [-0.4, -0.2) is 22.2 Å². The Kier molecular flexibility index (Phi) is 7.05. The number of furan rings is 1. The molecular formula is C28H20FN3O3S. The first-order valence-electron chi connectivity index (χ1n) is 11.1. The lowest BCUT2D eigenvalue weighted by Crippen LogP contribution is -2.28. The molecule has 0 saturated carbocycles. The summed E-state index contributed by atoms with van der Waals surface area (Å²) in [6.07, 6.45) is 4.65. The van der Waals surface area contributed by atoms with E-state index in [1.54, 1.807) is 42.7 Å². The van der Waals surface area contributed by atoms with Crippen molar-refractivity contribution >= 4 is 35.1 Å². The fraction of sp³-hybridized carbons (Fsp3) is 0.0357. The van der Waals surface area contributed by atoms with Crippen molar-refractivity contribution in [2.75, 3.05) is 0 Å². The van der Waals surface area contributed by atoms with E-state index in [2.05, 4.69) is 10.2 Å². The molecule has 0 unspecified atom stereocenters. The van der Waals surface area contributed by atoms with Crippen molar-refractivity contribution in [2.24, 2.45) is 10.2 Å². The van der Waals surface area contributed by atoms with Gasteiger partial charge in [0.15, 0.2) is 5.17 Å². The summed E-state index contributed by atoms with van der Waals surface area (Å²) in [6.45, 7) is 0.196. The van der Waals surface area contributed by atoms with Crippen LogP contribution in [0.1, 0.15) is 16.9 Å². The van der Waals surface area contributed by atoms with Crippen molar-refractivity contribution < 1.29 is 18.3 Å². The summed E-state index contributed by atoms with van der Waals surface area (Å²) < 4.78 is 25.2. The Morgan fingerprint density at radius 3 is 2.56 bits per heavy atom. The lowest BCUT2D eigenvalue weighted by atomic mass is 10.2. The van der Waals surface area contributed by atoms with Gasteiger partial charge in [-0.2, -0.15) is 5.10 Å². The number of amides is 1. The number of amidine groups is 1. The standard InChI is InChI=1S/C28H20FN3O3S/c29-25-14-5-4-9-21(25)18-30-31-28-32(19-24-13-7-15-34-24)27(33)26(36-28)17-20-8-6-12-23(16-20)35-22-10-2-1-3-11-22/h1-18H,19H2/b26-17-,30-18+,31-28-. The minimum atomic E-state index is -0.401. The predicted octanol–water partition coefficient (Wildman–Crippen LogP) is 6.72. The van der Waals surface area contributed by atoms with E-state index >= 15 is 0 Å². The number of ether oxygens (including phenoxy) is 1. The highest BCUT2D eigenvalue weighted by Gasteiger charge is 2.34. The Hall–Kier alpha value is -4.43. The molecule has 1 amide bonds. The van der Waals surface area contributed by atoms with Gasteiger partial charge in [0.2, 0.25) is 0 Å². The molecule has 36 heavy (non-hydrogen) atoms. The number of rotatable bonds is 7. The molecule has 0 N–H and O–H groups in total. The summed E-state index contributed by atoms with van der Waals surface area (Å²) in [5.74, 6) is 1.35. The zero-order valence-corrected chi connectivity index (χ0v) is 19.8. The second kappa shape index (κ2) is 10.9. The van der Waals surface area contributed by atoms with Crippen LogP contribution in [0.2, 0.25) is 0 Å². The first-order valence-corrected chi connectivity index (χ1v) is 11.9. The van der Waals surface area contributed by atoms with Gasteiger partial charge in [0.05, 0.1) is 23.9 Å². The molecule has 1 saturated heterocycles. The fourth-order valence-electron chi connectivity index (χ4n) is 3.44. The van der Waals surface area contributed by atoms with E-state index in [-0.39, 0.29) is 12.5 Å². The summed E-state index contributed by atoms with van der Waals surface area (Å²) in [5.41, 5.74) is 1.10. The average Bonchev–Trinajstić information content (AvgIpc) is 3.50. The molecule has 0 atom stereocenters. The van der Waals surface area contributed by atoms with Crippen LogP contribution < -0.4 is 4.74 Å². The number of halogens is 1. The smallest absolute Gasteiger partial charge is 0.267 e. The van der Waals surface area contributed by atoms with Crippen LogP contribution in [0.4, 0.5) is 4.39 Å². The van der Waals surface area contributed by atoms with Gasteiger partial charge in [0, 0.05) is 5.56 Å². The van der Waals surface area contributed by atoms with Crippen LogP contribution in [-0.2, 0) is 11.3 Å². The largest absolute Gasteiger partial charge is 0.467 e. The number of hydrogen-bond donors (Lipinski definition) is 0. The van der Waals surface area contributed by atoms with E-state index < -0.39 is 5.82 Å². The number of carbonyl (C=O) groups is 1. The zero-order chi connectivity index (χ0) is 24.7. The third kappa shape index (κ3) is 5.61. The first kappa shape index (κ1) is 23.3. The quantitative estimate of drug-likeness (QED) is 0.162. The lowest BCUT2D eigenvalue weighted by Gasteiger charge is -2.12. The summed E-state index contributed by atoms with van der Waals surface area (Å²) in [5, 5.41) is 8.62. The Morgan fingerprint density at radius 1 is 0.944 bits per heavy atom. The molecular weight excluding hydrogens is 477 g/mol. The Balaban J connectivity index is 1.41. The van der Waals surface area contributed by atoms with E-state index in [1.807, 2.05) is 54.6 Å². The molecule has 0 radical (unpaired) electrons. The molecule has 2 heterocycles. The van der Waals surface area contributed by atoms with Crippen LogP contribution in [0.25, 0.3) is 6.08 Å². The highest BCUT2D eigenvalue weighted by atomic mass is 32.2. The third-order valence-corrected chi connectivity index (χ3v) is 6.16. The maximum Gasteiger partial charge on any atom is 0.267 e. The molecule has 0 bridgehead atoms. The molecule has 1 aromatic heterocycles. The van der Waals surface area contributed by atoms with Gasteiger partial charge in [-0.1, -0.05) is 48.5 Å².